The van der Waals surface area contributed by atoms with E-state index in [0.29, 0.717) is 24.0 Å². The molecule has 0 saturated carbocycles. The Hall–Kier alpha value is -3.80. The highest BCUT2D eigenvalue weighted by atomic mass is 16.4. The van der Waals surface area contributed by atoms with E-state index in [-0.39, 0.29) is 22.6 Å². The normalized spacial score (nSPS) is 10.6. The molecule has 0 amide bonds. The summed E-state index contributed by atoms with van der Waals surface area (Å²) in [7, 11) is 0. The van der Waals surface area contributed by atoms with Crippen LogP contribution in [-0.4, -0.2) is 32.4 Å². The summed E-state index contributed by atoms with van der Waals surface area (Å²) in [4.78, 5) is 22.8. The third-order valence-corrected chi connectivity index (χ3v) is 4.42. The van der Waals surface area contributed by atoms with Gasteiger partial charge in [0.05, 0.1) is 11.1 Å². The minimum Gasteiger partial charge on any atom is -0.508 e. The summed E-state index contributed by atoms with van der Waals surface area (Å²) in [5.74, 6) is -2.17. The van der Waals surface area contributed by atoms with Crippen LogP contribution in [0.15, 0.2) is 60.7 Å². The fourth-order valence-electron chi connectivity index (χ4n) is 3.16. The van der Waals surface area contributed by atoms with E-state index in [1.54, 1.807) is 6.07 Å². The van der Waals surface area contributed by atoms with Crippen LogP contribution in [0.1, 0.15) is 43.0 Å². The topological polar surface area (TPSA) is 115 Å². The fourth-order valence-corrected chi connectivity index (χ4v) is 3.16. The summed E-state index contributed by atoms with van der Waals surface area (Å²) in [5.41, 5.74) is 2.83. The van der Waals surface area contributed by atoms with E-state index in [1.165, 1.54) is 36.4 Å². The Morgan fingerprint density at radius 2 is 1.07 bits per heavy atom. The summed E-state index contributed by atoms with van der Waals surface area (Å²) in [6.45, 7) is 0. The number of carboxylic acids is 2. The van der Waals surface area contributed by atoms with Gasteiger partial charge in [-0.2, -0.15) is 0 Å². The Morgan fingerprint density at radius 3 is 1.46 bits per heavy atom. The number of rotatable bonds is 6. The number of carboxylic acid groups (broad SMARTS) is 2. The zero-order valence-electron chi connectivity index (χ0n) is 14.8. The number of phenolic OH excluding ortho intramolecular Hbond substituents is 2. The van der Waals surface area contributed by atoms with Gasteiger partial charge in [0.25, 0.3) is 0 Å². The molecule has 0 bridgehead atoms. The van der Waals surface area contributed by atoms with E-state index >= 15 is 0 Å². The van der Waals surface area contributed by atoms with Gasteiger partial charge in [-0.25, -0.2) is 9.59 Å². The lowest BCUT2D eigenvalue weighted by Gasteiger charge is -2.10. The molecular formula is C22H18O6. The maximum Gasteiger partial charge on any atom is 0.335 e. The number of phenols is 2. The van der Waals surface area contributed by atoms with Crippen LogP contribution >= 0.6 is 0 Å². The van der Waals surface area contributed by atoms with Crippen molar-refractivity contribution in [1.82, 2.24) is 0 Å². The third kappa shape index (κ3) is 4.29. The molecule has 0 unspecified atom stereocenters. The number of benzene rings is 3. The van der Waals surface area contributed by atoms with Gasteiger partial charge in [0.1, 0.15) is 11.5 Å². The Bertz CT molecular complexity index is 974. The second kappa shape index (κ2) is 7.84. The molecule has 0 fully saturated rings. The molecule has 3 aromatic rings. The number of hydrogen-bond donors (Lipinski definition) is 4. The molecule has 0 saturated heterocycles. The van der Waals surface area contributed by atoms with Crippen molar-refractivity contribution in [2.45, 2.75) is 12.8 Å². The van der Waals surface area contributed by atoms with Crippen LogP contribution < -0.4 is 0 Å². The number of aromatic hydroxyl groups is 2. The molecule has 3 rings (SSSR count). The maximum atomic E-state index is 11.4. The molecule has 6 nitrogen and oxygen atoms in total. The predicted octanol–water partition coefficient (Wildman–Crippen LogP) is 3.68. The zero-order valence-corrected chi connectivity index (χ0v) is 14.8. The van der Waals surface area contributed by atoms with Crippen molar-refractivity contribution >= 4 is 11.9 Å². The van der Waals surface area contributed by atoms with Gasteiger partial charge < -0.3 is 20.4 Å². The third-order valence-electron chi connectivity index (χ3n) is 4.42. The highest BCUT2D eigenvalue weighted by Gasteiger charge is 2.13. The highest BCUT2D eigenvalue weighted by molar-refractivity contribution is 5.90. The van der Waals surface area contributed by atoms with Gasteiger partial charge in [-0.1, -0.05) is 24.3 Å². The Balaban J connectivity index is 1.91. The lowest BCUT2D eigenvalue weighted by atomic mass is 9.95. The van der Waals surface area contributed by atoms with Crippen LogP contribution in [0.5, 0.6) is 11.5 Å². The van der Waals surface area contributed by atoms with Crippen LogP contribution in [0.3, 0.4) is 0 Å². The van der Waals surface area contributed by atoms with Gasteiger partial charge in [0.15, 0.2) is 0 Å². The lowest BCUT2D eigenvalue weighted by molar-refractivity contribution is 0.0685. The molecule has 0 radical (unpaired) electrons. The van der Waals surface area contributed by atoms with Gasteiger partial charge in [0.2, 0.25) is 0 Å². The standard InChI is InChI=1S/C22H18O6/c23-17-4-6-19(21(25)26)15(11-17)9-13-2-1-3-14(8-13)10-16-12-18(24)5-7-20(16)22(27)28/h1-8,11-12,23-24H,9-10H2,(H,25,26)(H,27,28). The smallest absolute Gasteiger partial charge is 0.335 e. The number of aromatic carboxylic acids is 2. The summed E-state index contributed by atoms with van der Waals surface area (Å²) in [6, 6.07) is 15.6. The van der Waals surface area contributed by atoms with E-state index in [4.69, 9.17) is 0 Å². The first kappa shape index (κ1) is 19.0. The average Bonchev–Trinajstić information content (AvgIpc) is 2.61. The molecule has 0 spiro atoms. The van der Waals surface area contributed by atoms with Gasteiger partial charge >= 0.3 is 11.9 Å². The van der Waals surface area contributed by atoms with Crippen molar-refractivity contribution in [1.29, 1.82) is 0 Å². The minimum absolute atomic E-state index is 0.0120. The van der Waals surface area contributed by atoms with Crippen LogP contribution in [0.4, 0.5) is 0 Å². The van der Waals surface area contributed by atoms with Gasteiger partial charge in [-0.3, -0.25) is 0 Å². The maximum absolute atomic E-state index is 11.4. The first-order valence-corrected chi connectivity index (χ1v) is 8.51. The van der Waals surface area contributed by atoms with E-state index in [9.17, 15) is 30.0 Å². The first-order valence-electron chi connectivity index (χ1n) is 8.51. The molecule has 0 heterocycles. The lowest BCUT2D eigenvalue weighted by Crippen LogP contribution is -2.04. The molecule has 0 atom stereocenters. The van der Waals surface area contributed by atoms with E-state index in [0.717, 1.165) is 11.1 Å². The summed E-state index contributed by atoms with van der Waals surface area (Å²) in [5, 5.41) is 38.0. The molecule has 0 aliphatic rings. The minimum atomic E-state index is -1.07. The Kier molecular flexibility index (Phi) is 5.31. The second-order valence-corrected chi connectivity index (χ2v) is 6.47. The van der Waals surface area contributed by atoms with Crippen LogP contribution in [0.25, 0.3) is 0 Å². The van der Waals surface area contributed by atoms with Crippen LogP contribution in [-0.2, 0) is 12.8 Å². The molecule has 3 aromatic carbocycles. The van der Waals surface area contributed by atoms with E-state index in [1.807, 2.05) is 18.2 Å². The van der Waals surface area contributed by atoms with Crippen molar-refractivity contribution in [2.24, 2.45) is 0 Å². The first-order chi connectivity index (χ1) is 13.3. The second-order valence-electron chi connectivity index (χ2n) is 6.47. The molecule has 142 valence electrons. The molecule has 28 heavy (non-hydrogen) atoms. The predicted molar refractivity (Wildman–Crippen MR) is 102 cm³/mol. The Labute approximate surface area is 161 Å². The average molecular weight is 378 g/mol. The summed E-state index contributed by atoms with van der Waals surface area (Å²) < 4.78 is 0. The van der Waals surface area contributed by atoms with Crippen molar-refractivity contribution in [2.75, 3.05) is 0 Å². The molecular weight excluding hydrogens is 360 g/mol. The molecule has 0 aromatic heterocycles. The van der Waals surface area contributed by atoms with Crippen LogP contribution in [0, 0.1) is 0 Å². The van der Waals surface area contributed by atoms with Crippen molar-refractivity contribution in [3.05, 3.63) is 94.0 Å². The summed E-state index contributed by atoms with van der Waals surface area (Å²) >= 11 is 0. The fraction of sp³-hybridized carbons (Fsp3) is 0.0909. The van der Waals surface area contributed by atoms with Crippen molar-refractivity contribution in [3.63, 3.8) is 0 Å². The van der Waals surface area contributed by atoms with Gasteiger partial charge in [0, 0.05) is 0 Å². The number of carbonyl (C=O) groups is 2. The summed E-state index contributed by atoms with van der Waals surface area (Å²) in [6.07, 6.45) is 0.603. The molecule has 0 aliphatic heterocycles. The Morgan fingerprint density at radius 1 is 0.643 bits per heavy atom. The van der Waals surface area contributed by atoms with Crippen molar-refractivity contribution in [3.8, 4) is 11.5 Å². The van der Waals surface area contributed by atoms with Crippen molar-refractivity contribution < 1.29 is 30.0 Å². The van der Waals surface area contributed by atoms with Gasteiger partial charge in [-0.15, -0.1) is 0 Å². The zero-order chi connectivity index (χ0) is 20.3. The molecule has 4 N–H and O–H groups in total. The van der Waals surface area contributed by atoms with E-state index < -0.39 is 11.9 Å². The number of hydrogen-bond acceptors (Lipinski definition) is 4. The highest BCUT2D eigenvalue weighted by Crippen LogP contribution is 2.23. The van der Waals surface area contributed by atoms with E-state index in [2.05, 4.69) is 0 Å². The van der Waals surface area contributed by atoms with Crippen LogP contribution in [0.2, 0.25) is 0 Å². The van der Waals surface area contributed by atoms with Gasteiger partial charge in [-0.05, 0) is 71.5 Å². The quantitative estimate of drug-likeness (QED) is 0.520. The monoisotopic (exact) mass is 378 g/mol. The largest absolute Gasteiger partial charge is 0.508 e. The SMILES string of the molecule is O=C(O)c1ccc(O)cc1Cc1cccc(Cc2cc(O)ccc2C(=O)O)c1. The molecule has 0 aliphatic carbocycles. The molecule has 6 heteroatoms.